The zero-order valence-corrected chi connectivity index (χ0v) is 15.8. The molecule has 2 aliphatic heterocycles. The number of hydrogen-bond acceptors (Lipinski definition) is 4. The molecule has 5 heteroatoms. The topological polar surface area (TPSA) is 42.0 Å². The first-order valence-electron chi connectivity index (χ1n) is 9.13. The van der Waals surface area contributed by atoms with Crippen LogP contribution >= 0.6 is 0 Å². The number of piperidine rings is 1. The zero-order valence-electron chi connectivity index (χ0n) is 15.8. The van der Waals surface area contributed by atoms with E-state index in [2.05, 4.69) is 36.2 Å². The van der Waals surface area contributed by atoms with E-state index in [0.29, 0.717) is 6.04 Å². The summed E-state index contributed by atoms with van der Waals surface area (Å²) in [4.78, 5) is 16.8. The predicted octanol–water partition coefficient (Wildman–Crippen LogP) is 2.70. The van der Waals surface area contributed by atoms with Crippen molar-refractivity contribution in [2.45, 2.75) is 50.4 Å². The van der Waals surface area contributed by atoms with Crippen LogP contribution in [-0.2, 0) is 14.3 Å². The van der Waals surface area contributed by atoms with Crippen LogP contribution in [0.4, 0.5) is 5.69 Å². The molecule has 0 saturated carbocycles. The van der Waals surface area contributed by atoms with Crippen LogP contribution in [0.3, 0.4) is 0 Å². The average molecular weight is 346 g/mol. The van der Waals surface area contributed by atoms with E-state index in [1.54, 1.807) is 7.11 Å². The molecule has 2 fully saturated rings. The number of carbonyl (C=O) groups is 1. The van der Waals surface area contributed by atoms with Gasteiger partial charge < -0.3 is 19.3 Å². The van der Waals surface area contributed by atoms with Gasteiger partial charge in [-0.25, -0.2) is 0 Å². The van der Waals surface area contributed by atoms with Crippen LogP contribution in [0.5, 0.6) is 0 Å². The first kappa shape index (κ1) is 18.2. The maximum atomic E-state index is 12.6. The van der Waals surface area contributed by atoms with E-state index >= 15 is 0 Å². The molecule has 0 aromatic heterocycles. The SMILES string of the molecule is COC(C)(C)C(=O)N1CCC2(CC1)C[C@@H](N(C)c1ccccc1)CO2. The summed E-state index contributed by atoms with van der Waals surface area (Å²) in [5.41, 5.74) is 0.390. The number of hydrogen-bond donors (Lipinski definition) is 0. The number of likely N-dealkylation sites (N-methyl/N-ethyl adjacent to an activating group) is 1. The Kier molecular flexibility index (Phi) is 5.07. The van der Waals surface area contributed by atoms with E-state index in [9.17, 15) is 4.79 Å². The van der Waals surface area contributed by atoms with Crippen molar-refractivity contribution in [3.63, 3.8) is 0 Å². The first-order chi connectivity index (χ1) is 11.9. The van der Waals surface area contributed by atoms with Crippen molar-refractivity contribution in [3.05, 3.63) is 30.3 Å². The van der Waals surface area contributed by atoms with Crippen LogP contribution in [0, 0.1) is 0 Å². The molecule has 1 aromatic rings. The molecule has 0 N–H and O–H groups in total. The van der Waals surface area contributed by atoms with E-state index in [0.717, 1.165) is 39.0 Å². The van der Waals surface area contributed by atoms with Gasteiger partial charge in [0.1, 0.15) is 5.60 Å². The van der Waals surface area contributed by atoms with E-state index < -0.39 is 5.60 Å². The molecule has 138 valence electrons. The standard InChI is InChI=1S/C20H30N2O3/c1-19(2,24-4)18(23)22-12-10-20(11-13-22)14-17(15-25-20)21(3)16-8-6-5-7-9-16/h5-9,17H,10-15H2,1-4H3/t17-/m1/s1. The summed E-state index contributed by atoms with van der Waals surface area (Å²) in [5.74, 6) is 0.0702. The number of carbonyl (C=O) groups excluding carboxylic acids is 1. The van der Waals surface area contributed by atoms with Gasteiger partial charge >= 0.3 is 0 Å². The van der Waals surface area contributed by atoms with Crippen molar-refractivity contribution in [1.29, 1.82) is 0 Å². The third-order valence-corrected chi connectivity index (χ3v) is 5.89. The number of ether oxygens (including phenoxy) is 2. The highest BCUT2D eigenvalue weighted by Crippen LogP contribution is 2.38. The van der Waals surface area contributed by atoms with Gasteiger partial charge in [-0.1, -0.05) is 18.2 Å². The number of rotatable bonds is 4. The zero-order chi connectivity index (χ0) is 18.1. The Labute approximate surface area is 150 Å². The Morgan fingerprint density at radius 3 is 2.52 bits per heavy atom. The van der Waals surface area contributed by atoms with E-state index in [1.807, 2.05) is 24.8 Å². The predicted molar refractivity (Wildman–Crippen MR) is 98.8 cm³/mol. The molecule has 1 amide bonds. The minimum atomic E-state index is -0.753. The fraction of sp³-hybridized carbons (Fsp3) is 0.650. The highest BCUT2D eigenvalue weighted by atomic mass is 16.5. The lowest BCUT2D eigenvalue weighted by Gasteiger charge is -2.41. The molecule has 2 saturated heterocycles. The molecule has 0 unspecified atom stereocenters. The van der Waals surface area contributed by atoms with E-state index in [-0.39, 0.29) is 11.5 Å². The van der Waals surface area contributed by atoms with E-state index in [1.165, 1.54) is 5.69 Å². The maximum Gasteiger partial charge on any atom is 0.254 e. The van der Waals surface area contributed by atoms with E-state index in [4.69, 9.17) is 9.47 Å². The molecule has 2 heterocycles. The normalized spacial score (nSPS) is 23.0. The van der Waals surface area contributed by atoms with Crippen LogP contribution in [0.2, 0.25) is 0 Å². The van der Waals surface area contributed by atoms with Crippen LogP contribution in [0.25, 0.3) is 0 Å². The summed E-state index contributed by atoms with van der Waals surface area (Å²) in [6, 6.07) is 10.8. The molecule has 5 nitrogen and oxygen atoms in total. The second kappa shape index (κ2) is 6.96. The third-order valence-electron chi connectivity index (χ3n) is 5.89. The summed E-state index contributed by atoms with van der Waals surface area (Å²) in [6.07, 6.45) is 2.82. The van der Waals surface area contributed by atoms with Gasteiger partial charge in [0.05, 0.1) is 18.2 Å². The van der Waals surface area contributed by atoms with Crippen molar-refractivity contribution in [2.75, 3.05) is 38.8 Å². The fourth-order valence-corrected chi connectivity index (χ4v) is 3.88. The van der Waals surface area contributed by atoms with Crippen molar-refractivity contribution in [2.24, 2.45) is 0 Å². The molecule has 1 aromatic carbocycles. The number of para-hydroxylation sites is 1. The summed E-state index contributed by atoms with van der Waals surface area (Å²) >= 11 is 0. The Bertz CT molecular complexity index is 594. The van der Waals surface area contributed by atoms with Gasteiger partial charge in [-0.05, 0) is 45.2 Å². The van der Waals surface area contributed by atoms with Crippen LogP contribution in [0.1, 0.15) is 33.1 Å². The summed E-state index contributed by atoms with van der Waals surface area (Å²) in [6.45, 7) is 5.90. The van der Waals surface area contributed by atoms with Gasteiger partial charge in [0.15, 0.2) is 0 Å². The van der Waals surface area contributed by atoms with Crippen molar-refractivity contribution < 1.29 is 14.3 Å². The molecule has 0 aliphatic carbocycles. The van der Waals surface area contributed by atoms with Crippen LogP contribution < -0.4 is 4.90 Å². The fourth-order valence-electron chi connectivity index (χ4n) is 3.88. The summed E-state index contributed by atoms with van der Waals surface area (Å²) in [7, 11) is 3.73. The number of anilines is 1. The van der Waals surface area contributed by atoms with Crippen molar-refractivity contribution >= 4 is 11.6 Å². The number of nitrogens with zero attached hydrogens (tertiary/aromatic N) is 2. The smallest absolute Gasteiger partial charge is 0.254 e. The highest BCUT2D eigenvalue weighted by Gasteiger charge is 2.45. The summed E-state index contributed by atoms with van der Waals surface area (Å²) < 4.78 is 11.6. The number of benzene rings is 1. The minimum absolute atomic E-state index is 0.0702. The molecule has 1 atom stereocenters. The van der Waals surface area contributed by atoms with Gasteiger partial charge in [0, 0.05) is 32.9 Å². The molecule has 0 radical (unpaired) electrons. The quantitative estimate of drug-likeness (QED) is 0.841. The highest BCUT2D eigenvalue weighted by molar-refractivity contribution is 5.84. The largest absolute Gasteiger partial charge is 0.373 e. The Hall–Kier alpha value is -1.59. The van der Waals surface area contributed by atoms with Gasteiger partial charge in [-0.2, -0.15) is 0 Å². The minimum Gasteiger partial charge on any atom is -0.373 e. The van der Waals surface area contributed by atoms with Gasteiger partial charge in [-0.15, -0.1) is 0 Å². The summed E-state index contributed by atoms with van der Waals surface area (Å²) in [5, 5.41) is 0. The molecule has 2 aliphatic rings. The Balaban J connectivity index is 1.59. The van der Waals surface area contributed by atoms with Crippen molar-refractivity contribution in [1.82, 2.24) is 4.90 Å². The first-order valence-corrected chi connectivity index (χ1v) is 9.13. The second-order valence-electron chi connectivity index (χ2n) is 7.81. The molecular formula is C20H30N2O3. The Morgan fingerprint density at radius 2 is 1.92 bits per heavy atom. The third kappa shape index (κ3) is 3.67. The maximum absolute atomic E-state index is 12.6. The second-order valence-corrected chi connectivity index (χ2v) is 7.81. The average Bonchev–Trinajstić information content (AvgIpc) is 3.05. The van der Waals surface area contributed by atoms with Gasteiger partial charge in [0.2, 0.25) is 0 Å². The lowest BCUT2D eigenvalue weighted by atomic mass is 9.86. The monoisotopic (exact) mass is 346 g/mol. The van der Waals surface area contributed by atoms with Crippen LogP contribution in [0.15, 0.2) is 30.3 Å². The lowest BCUT2D eigenvalue weighted by Crippen LogP contribution is -2.53. The molecule has 0 bridgehead atoms. The molecule has 3 rings (SSSR count). The van der Waals surface area contributed by atoms with Crippen molar-refractivity contribution in [3.8, 4) is 0 Å². The van der Waals surface area contributed by atoms with Crippen LogP contribution in [-0.4, -0.2) is 61.9 Å². The Morgan fingerprint density at radius 1 is 1.28 bits per heavy atom. The van der Waals surface area contributed by atoms with Gasteiger partial charge in [0.25, 0.3) is 5.91 Å². The number of amides is 1. The lowest BCUT2D eigenvalue weighted by molar-refractivity contribution is -0.155. The molecular weight excluding hydrogens is 316 g/mol. The number of methoxy groups -OCH3 is 1. The molecule has 25 heavy (non-hydrogen) atoms. The number of likely N-dealkylation sites (tertiary alicyclic amines) is 1. The van der Waals surface area contributed by atoms with Gasteiger partial charge in [-0.3, -0.25) is 4.79 Å². The molecule has 1 spiro atoms.